The second kappa shape index (κ2) is 7.41. The standard InChI is InChI=1S/C20H29NS2/c1-2-6-17(7-3-1)14-18-8-12-21(13-9-18)15-19-16-22-20(23-19)10-4-5-11-20/h1-3,6-7,18-19H,4-5,8-16H2. The molecule has 2 heterocycles. The minimum atomic E-state index is 0.635. The van der Waals surface area contributed by atoms with Crippen LogP contribution in [-0.2, 0) is 6.42 Å². The summed E-state index contributed by atoms with van der Waals surface area (Å²) in [6.45, 7) is 4.00. The third kappa shape index (κ3) is 4.11. The molecular formula is C20H29NS2. The van der Waals surface area contributed by atoms with E-state index in [1.54, 1.807) is 0 Å². The fourth-order valence-corrected chi connectivity index (χ4v) is 8.44. The van der Waals surface area contributed by atoms with Crippen LogP contribution >= 0.6 is 23.5 Å². The van der Waals surface area contributed by atoms with Gasteiger partial charge in [0.2, 0.25) is 0 Å². The zero-order valence-electron chi connectivity index (χ0n) is 14.1. The second-order valence-corrected chi connectivity index (χ2v) is 10.9. The summed E-state index contributed by atoms with van der Waals surface area (Å²) in [5, 5.41) is 0.892. The molecule has 1 nitrogen and oxygen atoms in total. The normalized spacial score (nSPS) is 28.6. The molecule has 4 rings (SSSR count). The first-order valence-electron chi connectivity index (χ1n) is 9.39. The number of likely N-dealkylation sites (tertiary alicyclic amines) is 1. The van der Waals surface area contributed by atoms with Gasteiger partial charge in [-0.15, -0.1) is 23.5 Å². The SMILES string of the molecule is c1ccc(CC2CCN(CC3CSC4(CCCC4)S3)CC2)cc1. The first kappa shape index (κ1) is 16.4. The molecule has 126 valence electrons. The third-order valence-electron chi connectivity index (χ3n) is 5.82. The summed E-state index contributed by atoms with van der Waals surface area (Å²) in [6, 6.07) is 11.1. The summed E-state index contributed by atoms with van der Waals surface area (Å²) in [4.78, 5) is 2.76. The highest BCUT2D eigenvalue weighted by atomic mass is 32.2. The summed E-state index contributed by atoms with van der Waals surface area (Å²) in [5.41, 5.74) is 1.52. The van der Waals surface area contributed by atoms with E-state index < -0.39 is 0 Å². The van der Waals surface area contributed by atoms with Crippen LogP contribution < -0.4 is 0 Å². The van der Waals surface area contributed by atoms with Crippen LogP contribution in [0.2, 0.25) is 0 Å². The van der Waals surface area contributed by atoms with Gasteiger partial charge in [-0.2, -0.15) is 0 Å². The van der Waals surface area contributed by atoms with Crippen molar-refractivity contribution in [1.29, 1.82) is 0 Å². The van der Waals surface area contributed by atoms with Crippen LogP contribution in [0.3, 0.4) is 0 Å². The van der Waals surface area contributed by atoms with E-state index in [0.29, 0.717) is 4.08 Å². The molecule has 0 aromatic heterocycles. The smallest absolute Gasteiger partial charge is 0.0615 e. The van der Waals surface area contributed by atoms with E-state index in [0.717, 1.165) is 11.2 Å². The van der Waals surface area contributed by atoms with E-state index in [1.807, 2.05) is 0 Å². The van der Waals surface area contributed by atoms with E-state index >= 15 is 0 Å². The molecule has 1 aromatic carbocycles. The Labute approximate surface area is 150 Å². The predicted molar refractivity (Wildman–Crippen MR) is 104 cm³/mol. The van der Waals surface area contributed by atoms with Gasteiger partial charge in [0, 0.05) is 17.5 Å². The molecule has 2 aliphatic heterocycles. The minimum absolute atomic E-state index is 0.635. The number of thioether (sulfide) groups is 2. The zero-order chi connectivity index (χ0) is 15.5. The first-order chi connectivity index (χ1) is 11.3. The third-order valence-corrected chi connectivity index (χ3v) is 9.66. The molecule has 3 fully saturated rings. The topological polar surface area (TPSA) is 3.24 Å². The Morgan fingerprint density at radius 2 is 1.78 bits per heavy atom. The minimum Gasteiger partial charge on any atom is -0.302 e. The van der Waals surface area contributed by atoms with Crippen molar-refractivity contribution >= 4 is 23.5 Å². The van der Waals surface area contributed by atoms with E-state index in [9.17, 15) is 0 Å². The van der Waals surface area contributed by atoms with Crippen molar-refractivity contribution in [2.45, 2.75) is 54.3 Å². The van der Waals surface area contributed by atoms with Crippen LogP contribution in [-0.4, -0.2) is 39.6 Å². The average Bonchev–Trinajstić information content (AvgIpc) is 3.21. The number of rotatable bonds is 4. The fourth-order valence-electron chi connectivity index (χ4n) is 4.49. The summed E-state index contributed by atoms with van der Waals surface area (Å²) in [7, 11) is 0. The van der Waals surface area contributed by atoms with Gasteiger partial charge in [0.1, 0.15) is 0 Å². The van der Waals surface area contributed by atoms with Crippen molar-refractivity contribution in [1.82, 2.24) is 4.90 Å². The molecule has 3 aliphatic rings. The molecule has 0 N–H and O–H groups in total. The number of hydrogen-bond acceptors (Lipinski definition) is 3. The van der Waals surface area contributed by atoms with Gasteiger partial charge in [-0.05, 0) is 56.7 Å². The predicted octanol–water partition coefficient (Wildman–Crippen LogP) is 5.06. The number of benzene rings is 1. The van der Waals surface area contributed by atoms with Crippen molar-refractivity contribution < 1.29 is 0 Å². The summed E-state index contributed by atoms with van der Waals surface area (Å²) in [6.07, 6.45) is 9.95. The Kier molecular flexibility index (Phi) is 5.27. The Morgan fingerprint density at radius 1 is 1.04 bits per heavy atom. The highest BCUT2D eigenvalue weighted by Gasteiger charge is 2.43. The molecule has 2 saturated heterocycles. The number of nitrogens with zero attached hydrogens (tertiary/aromatic N) is 1. The van der Waals surface area contributed by atoms with Crippen molar-refractivity contribution in [3.8, 4) is 0 Å². The van der Waals surface area contributed by atoms with Gasteiger partial charge in [0.15, 0.2) is 0 Å². The lowest BCUT2D eigenvalue weighted by atomic mass is 9.90. The second-order valence-electron chi connectivity index (χ2n) is 7.60. The molecule has 1 saturated carbocycles. The van der Waals surface area contributed by atoms with Crippen molar-refractivity contribution in [3.05, 3.63) is 35.9 Å². The highest BCUT2D eigenvalue weighted by Crippen LogP contribution is 2.57. The van der Waals surface area contributed by atoms with Gasteiger partial charge in [-0.3, -0.25) is 0 Å². The maximum Gasteiger partial charge on any atom is 0.0615 e. The van der Waals surface area contributed by atoms with Crippen LogP contribution in [0.1, 0.15) is 44.1 Å². The van der Waals surface area contributed by atoms with Crippen LogP contribution in [0.5, 0.6) is 0 Å². The molecule has 1 aromatic rings. The molecule has 1 spiro atoms. The first-order valence-corrected chi connectivity index (χ1v) is 11.3. The Bertz CT molecular complexity index is 490. The van der Waals surface area contributed by atoms with Crippen LogP contribution in [0, 0.1) is 5.92 Å². The summed E-state index contributed by atoms with van der Waals surface area (Å²) in [5.74, 6) is 2.30. The van der Waals surface area contributed by atoms with Gasteiger partial charge < -0.3 is 4.90 Å². The van der Waals surface area contributed by atoms with E-state index in [1.165, 1.54) is 75.9 Å². The fraction of sp³-hybridized carbons (Fsp3) is 0.700. The zero-order valence-corrected chi connectivity index (χ0v) is 15.7. The monoisotopic (exact) mass is 347 g/mol. The van der Waals surface area contributed by atoms with Gasteiger partial charge in [-0.1, -0.05) is 43.2 Å². The molecule has 1 unspecified atom stereocenters. The molecule has 3 heteroatoms. The Hall–Kier alpha value is -0.120. The lowest BCUT2D eigenvalue weighted by Gasteiger charge is -2.33. The summed E-state index contributed by atoms with van der Waals surface area (Å²) < 4.78 is 0.635. The van der Waals surface area contributed by atoms with E-state index in [-0.39, 0.29) is 0 Å². The molecule has 1 atom stereocenters. The van der Waals surface area contributed by atoms with Crippen LogP contribution in [0.4, 0.5) is 0 Å². The molecule has 0 radical (unpaired) electrons. The average molecular weight is 348 g/mol. The maximum absolute atomic E-state index is 2.76. The van der Waals surface area contributed by atoms with Crippen LogP contribution in [0.25, 0.3) is 0 Å². The van der Waals surface area contributed by atoms with Crippen molar-refractivity contribution in [2.24, 2.45) is 5.92 Å². The quantitative estimate of drug-likeness (QED) is 0.749. The summed E-state index contributed by atoms with van der Waals surface area (Å²) >= 11 is 4.63. The molecule has 0 amide bonds. The van der Waals surface area contributed by atoms with Crippen LogP contribution in [0.15, 0.2) is 30.3 Å². The maximum atomic E-state index is 2.76. The van der Waals surface area contributed by atoms with Crippen molar-refractivity contribution in [3.63, 3.8) is 0 Å². The lowest BCUT2D eigenvalue weighted by molar-refractivity contribution is 0.186. The van der Waals surface area contributed by atoms with Crippen molar-refractivity contribution in [2.75, 3.05) is 25.4 Å². The number of piperidine rings is 1. The molecular weight excluding hydrogens is 318 g/mol. The molecule has 0 bridgehead atoms. The Balaban J connectivity index is 1.21. The van der Waals surface area contributed by atoms with Gasteiger partial charge in [0.05, 0.1) is 4.08 Å². The van der Waals surface area contributed by atoms with E-state index in [4.69, 9.17) is 0 Å². The molecule has 1 aliphatic carbocycles. The lowest BCUT2D eigenvalue weighted by Crippen LogP contribution is -2.38. The Morgan fingerprint density at radius 3 is 2.52 bits per heavy atom. The number of hydrogen-bond donors (Lipinski definition) is 0. The largest absolute Gasteiger partial charge is 0.302 e. The van der Waals surface area contributed by atoms with Gasteiger partial charge in [-0.25, -0.2) is 0 Å². The highest BCUT2D eigenvalue weighted by molar-refractivity contribution is 8.21. The van der Waals surface area contributed by atoms with E-state index in [2.05, 4.69) is 58.8 Å². The van der Waals surface area contributed by atoms with Gasteiger partial charge in [0.25, 0.3) is 0 Å². The molecule has 23 heavy (non-hydrogen) atoms. The van der Waals surface area contributed by atoms with Gasteiger partial charge >= 0.3 is 0 Å².